The summed E-state index contributed by atoms with van der Waals surface area (Å²) in [5, 5.41) is 8.37. The number of anilines is 2. The van der Waals surface area contributed by atoms with E-state index in [4.69, 9.17) is 0 Å². The highest BCUT2D eigenvalue weighted by Gasteiger charge is 2.24. The van der Waals surface area contributed by atoms with E-state index < -0.39 is 0 Å². The molecule has 0 bridgehead atoms. The van der Waals surface area contributed by atoms with Gasteiger partial charge < -0.3 is 16.0 Å². The lowest BCUT2D eigenvalue weighted by atomic mass is 10.1. The van der Waals surface area contributed by atoms with Crippen molar-refractivity contribution < 1.29 is 14.4 Å². The third-order valence-electron chi connectivity index (χ3n) is 4.68. The van der Waals surface area contributed by atoms with E-state index in [1.54, 1.807) is 29.2 Å². The Balaban J connectivity index is 1.67. The second-order valence-electron chi connectivity index (χ2n) is 6.65. The first-order chi connectivity index (χ1) is 14.0. The van der Waals surface area contributed by atoms with Crippen LogP contribution in [-0.4, -0.2) is 30.9 Å². The molecule has 3 N–H and O–H groups in total. The number of nitrogens with zero attached hydrogens (tertiary/aromatic N) is 1. The van der Waals surface area contributed by atoms with E-state index in [1.807, 2.05) is 25.1 Å². The van der Waals surface area contributed by atoms with Crippen molar-refractivity contribution in [2.75, 3.05) is 23.3 Å². The van der Waals surface area contributed by atoms with Gasteiger partial charge in [-0.1, -0.05) is 24.8 Å². The van der Waals surface area contributed by atoms with E-state index >= 15 is 0 Å². The summed E-state index contributed by atoms with van der Waals surface area (Å²) in [6.45, 7) is 6.84. The zero-order valence-corrected chi connectivity index (χ0v) is 16.3. The number of urea groups is 1. The highest BCUT2D eigenvalue weighted by Crippen LogP contribution is 2.31. The predicted octanol–water partition coefficient (Wildman–Crippen LogP) is 2.83. The fourth-order valence-electron chi connectivity index (χ4n) is 3.15. The molecule has 0 saturated carbocycles. The monoisotopic (exact) mass is 392 g/mol. The molecular weight excluding hydrogens is 368 g/mol. The minimum atomic E-state index is -0.245. The van der Waals surface area contributed by atoms with Crippen LogP contribution >= 0.6 is 0 Å². The molecule has 1 aliphatic heterocycles. The van der Waals surface area contributed by atoms with Crippen LogP contribution in [0.2, 0.25) is 0 Å². The standard InChI is InChI=1S/C22H24N4O3/c1-3-20(27)24-14-15-5-7-17(8-6-15)21(28)25-18-10-9-16-11-12-26(19(16)13-18)22(29)23-4-2/h3,5-10,13H,1,4,11-12,14H2,2H3,(H,23,29)(H,24,27)(H,25,28). The Morgan fingerprint density at radius 3 is 2.55 bits per heavy atom. The maximum absolute atomic E-state index is 12.6. The zero-order valence-electron chi connectivity index (χ0n) is 16.3. The van der Waals surface area contributed by atoms with Crippen LogP contribution in [-0.2, 0) is 17.8 Å². The molecule has 2 aromatic carbocycles. The zero-order chi connectivity index (χ0) is 20.8. The van der Waals surface area contributed by atoms with Gasteiger partial charge in [-0.2, -0.15) is 0 Å². The number of rotatable bonds is 6. The average molecular weight is 392 g/mol. The summed E-state index contributed by atoms with van der Waals surface area (Å²) in [5.41, 5.74) is 3.92. The Kier molecular flexibility index (Phi) is 6.29. The Hall–Kier alpha value is -3.61. The minimum Gasteiger partial charge on any atom is -0.348 e. The Labute approximate surface area is 169 Å². The first-order valence-electron chi connectivity index (χ1n) is 9.50. The highest BCUT2D eigenvalue weighted by atomic mass is 16.2. The van der Waals surface area contributed by atoms with Gasteiger partial charge in [-0.05, 0) is 54.8 Å². The van der Waals surface area contributed by atoms with Crippen molar-refractivity contribution >= 4 is 29.2 Å². The first kappa shape index (κ1) is 20.1. The van der Waals surface area contributed by atoms with Gasteiger partial charge in [0.25, 0.3) is 5.91 Å². The second-order valence-corrected chi connectivity index (χ2v) is 6.65. The summed E-state index contributed by atoms with van der Waals surface area (Å²) in [6, 6.07) is 12.5. The van der Waals surface area contributed by atoms with E-state index in [0.717, 1.165) is 23.2 Å². The average Bonchev–Trinajstić information content (AvgIpc) is 3.16. The van der Waals surface area contributed by atoms with Gasteiger partial charge in [0.1, 0.15) is 0 Å². The van der Waals surface area contributed by atoms with Gasteiger partial charge in [0.15, 0.2) is 0 Å². The molecule has 0 fully saturated rings. The normalized spacial score (nSPS) is 12.1. The number of hydrogen-bond acceptors (Lipinski definition) is 3. The Bertz CT molecular complexity index is 938. The molecular formula is C22H24N4O3. The largest absolute Gasteiger partial charge is 0.348 e. The van der Waals surface area contributed by atoms with Gasteiger partial charge >= 0.3 is 6.03 Å². The van der Waals surface area contributed by atoms with E-state index in [-0.39, 0.29) is 17.8 Å². The minimum absolute atomic E-state index is 0.131. The molecule has 0 aromatic heterocycles. The first-order valence-corrected chi connectivity index (χ1v) is 9.50. The molecule has 0 spiro atoms. The van der Waals surface area contributed by atoms with E-state index in [1.165, 1.54) is 6.08 Å². The van der Waals surface area contributed by atoms with Crippen LogP contribution in [0.25, 0.3) is 0 Å². The molecule has 0 aliphatic carbocycles. The van der Waals surface area contributed by atoms with Gasteiger partial charge in [-0.15, -0.1) is 0 Å². The van der Waals surface area contributed by atoms with E-state index in [0.29, 0.717) is 30.9 Å². The lowest BCUT2D eigenvalue weighted by Crippen LogP contribution is -2.38. The summed E-state index contributed by atoms with van der Waals surface area (Å²) in [5.74, 6) is -0.487. The number of carbonyl (C=O) groups excluding carboxylic acids is 3. The van der Waals surface area contributed by atoms with Gasteiger partial charge in [0.05, 0.1) is 5.69 Å². The van der Waals surface area contributed by atoms with Crippen molar-refractivity contribution in [1.29, 1.82) is 0 Å². The van der Waals surface area contributed by atoms with Crippen molar-refractivity contribution in [3.05, 3.63) is 71.8 Å². The highest BCUT2D eigenvalue weighted by molar-refractivity contribution is 6.05. The van der Waals surface area contributed by atoms with Crippen LogP contribution in [0.5, 0.6) is 0 Å². The molecule has 3 rings (SSSR count). The molecule has 0 radical (unpaired) electrons. The molecule has 4 amide bonds. The van der Waals surface area contributed by atoms with Crippen LogP contribution in [0.3, 0.4) is 0 Å². The lowest BCUT2D eigenvalue weighted by Gasteiger charge is -2.18. The van der Waals surface area contributed by atoms with E-state index in [2.05, 4.69) is 22.5 Å². The van der Waals surface area contributed by atoms with Crippen LogP contribution < -0.4 is 20.9 Å². The smallest absolute Gasteiger partial charge is 0.321 e. The van der Waals surface area contributed by atoms with Crippen molar-refractivity contribution in [1.82, 2.24) is 10.6 Å². The van der Waals surface area contributed by atoms with Gasteiger partial charge in [0, 0.05) is 30.9 Å². The fraction of sp³-hybridized carbons (Fsp3) is 0.227. The van der Waals surface area contributed by atoms with Gasteiger partial charge in [-0.25, -0.2) is 4.79 Å². The lowest BCUT2D eigenvalue weighted by molar-refractivity contribution is -0.116. The maximum atomic E-state index is 12.6. The quantitative estimate of drug-likeness (QED) is 0.660. The van der Waals surface area contributed by atoms with Gasteiger partial charge in [-0.3, -0.25) is 14.5 Å². The number of amides is 4. The molecule has 0 saturated heterocycles. The Morgan fingerprint density at radius 1 is 1.10 bits per heavy atom. The SMILES string of the molecule is C=CC(=O)NCc1ccc(C(=O)Nc2ccc3c(c2)N(C(=O)NCC)CC3)cc1. The van der Waals surface area contributed by atoms with Crippen LogP contribution in [0.4, 0.5) is 16.2 Å². The van der Waals surface area contributed by atoms with Crippen molar-refractivity contribution in [3.63, 3.8) is 0 Å². The van der Waals surface area contributed by atoms with Crippen LogP contribution in [0, 0.1) is 0 Å². The second kappa shape index (κ2) is 9.05. The molecule has 150 valence electrons. The Morgan fingerprint density at radius 2 is 1.86 bits per heavy atom. The number of fused-ring (bicyclic) bond motifs is 1. The number of hydrogen-bond donors (Lipinski definition) is 3. The predicted molar refractivity (Wildman–Crippen MR) is 113 cm³/mol. The summed E-state index contributed by atoms with van der Waals surface area (Å²) in [7, 11) is 0. The third kappa shape index (κ3) is 4.82. The summed E-state index contributed by atoms with van der Waals surface area (Å²) in [4.78, 5) is 37.7. The summed E-state index contributed by atoms with van der Waals surface area (Å²) < 4.78 is 0. The molecule has 29 heavy (non-hydrogen) atoms. The third-order valence-corrected chi connectivity index (χ3v) is 4.68. The number of carbonyl (C=O) groups is 3. The molecule has 2 aromatic rings. The van der Waals surface area contributed by atoms with Gasteiger partial charge in [0.2, 0.25) is 5.91 Å². The molecule has 7 heteroatoms. The molecule has 0 atom stereocenters. The van der Waals surface area contributed by atoms with Crippen LogP contribution in [0.15, 0.2) is 55.1 Å². The number of nitrogens with one attached hydrogen (secondary N) is 3. The maximum Gasteiger partial charge on any atom is 0.321 e. The van der Waals surface area contributed by atoms with Crippen molar-refractivity contribution in [2.45, 2.75) is 19.9 Å². The topological polar surface area (TPSA) is 90.5 Å². The van der Waals surface area contributed by atoms with Crippen molar-refractivity contribution in [3.8, 4) is 0 Å². The molecule has 1 heterocycles. The number of benzene rings is 2. The fourth-order valence-corrected chi connectivity index (χ4v) is 3.15. The summed E-state index contributed by atoms with van der Waals surface area (Å²) in [6.07, 6.45) is 2.01. The molecule has 0 unspecified atom stereocenters. The molecule has 1 aliphatic rings. The molecule has 7 nitrogen and oxygen atoms in total. The van der Waals surface area contributed by atoms with E-state index in [9.17, 15) is 14.4 Å². The van der Waals surface area contributed by atoms with Crippen molar-refractivity contribution in [2.24, 2.45) is 0 Å². The van der Waals surface area contributed by atoms with Crippen LogP contribution in [0.1, 0.15) is 28.4 Å². The summed E-state index contributed by atoms with van der Waals surface area (Å²) >= 11 is 0.